The van der Waals surface area contributed by atoms with Gasteiger partial charge in [-0.2, -0.15) is 0 Å². The van der Waals surface area contributed by atoms with Crippen molar-refractivity contribution in [1.82, 2.24) is 10.2 Å². The highest BCUT2D eigenvalue weighted by Crippen LogP contribution is 2.36. The molecule has 1 saturated heterocycles. The standard InChI is InChI=1S/C15H22F2N2/c1-10(2)18-9-12-6-7-19(3)15(12)11-4-5-13(16)14(17)8-11/h4-5,8,10,12,15,18H,6-7,9H2,1-3H3. The maximum absolute atomic E-state index is 13.4. The lowest BCUT2D eigenvalue weighted by Gasteiger charge is -2.26. The third kappa shape index (κ3) is 3.31. The second-order valence-corrected chi connectivity index (χ2v) is 5.71. The molecule has 1 fully saturated rings. The molecule has 106 valence electrons. The number of nitrogens with one attached hydrogen (secondary N) is 1. The van der Waals surface area contributed by atoms with Gasteiger partial charge in [-0.05, 0) is 43.6 Å². The fourth-order valence-electron chi connectivity index (χ4n) is 2.85. The normalized spacial score (nSPS) is 24.3. The van der Waals surface area contributed by atoms with E-state index in [1.165, 1.54) is 12.1 Å². The molecule has 0 aromatic heterocycles. The molecule has 0 bridgehead atoms. The van der Waals surface area contributed by atoms with Gasteiger partial charge in [0.15, 0.2) is 11.6 Å². The van der Waals surface area contributed by atoms with Crippen molar-refractivity contribution in [3.63, 3.8) is 0 Å². The first-order valence-corrected chi connectivity index (χ1v) is 6.87. The molecule has 0 radical (unpaired) electrons. The molecule has 0 amide bonds. The van der Waals surface area contributed by atoms with Crippen molar-refractivity contribution < 1.29 is 8.78 Å². The summed E-state index contributed by atoms with van der Waals surface area (Å²) in [5.41, 5.74) is 0.870. The zero-order valence-electron chi connectivity index (χ0n) is 11.8. The second-order valence-electron chi connectivity index (χ2n) is 5.71. The van der Waals surface area contributed by atoms with Crippen LogP contribution in [0.5, 0.6) is 0 Å². The Labute approximate surface area is 113 Å². The molecule has 1 heterocycles. The molecule has 1 N–H and O–H groups in total. The van der Waals surface area contributed by atoms with E-state index in [0.717, 1.165) is 25.1 Å². The lowest BCUT2D eigenvalue weighted by atomic mass is 9.93. The Morgan fingerprint density at radius 2 is 2.05 bits per heavy atom. The van der Waals surface area contributed by atoms with Gasteiger partial charge in [0.2, 0.25) is 0 Å². The van der Waals surface area contributed by atoms with E-state index < -0.39 is 11.6 Å². The first-order valence-electron chi connectivity index (χ1n) is 6.87. The van der Waals surface area contributed by atoms with Crippen molar-refractivity contribution in [1.29, 1.82) is 0 Å². The Morgan fingerprint density at radius 3 is 2.68 bits per heavy atom. The largest absolute Gasteiger partial charge is 0.314 e. The predicted molar refractivity (Wildman–Crippen MR) is 73.0 cm³/mol. The van der Waals surface area contributed by atoms with Gasteiger partial charge in [0, 0.05) is 18.6 Å². The van der Waals surface area contributed by atoms with Gasteiger partial charge in [-0.25, -0.2) is 8.78 Å². The molecule has 0 saturated carbocycles. The summed E-state index contributed by atoms with van der Waals surface area (Å²) in [5, 5.41) is 3.44. The van der Waals surface area contributed by atoms with E-state index in [-0.39, 0.29) is 6.04 Å². The number of benzene rings is 1. The first kappa shape index (κ1) is 14.4. The Balaban J connectivity index is 2.16. The minimum Gasteiger partial charge on any atom is -0.314 e. The van der Waals surface area contributed by atoms with Crippen molar-refractivity contribution in [2.45, 2.75) is 32.4 Å². The quantitative estimate of drug-likeness (QED) is 0.903. The number of likely N-dealkylation sites (tertiary alicyclic amines) is 1. The van der Waals surface area contributed by atoms with E-state index in [2.05, 4.69) is 24.1 Å². The number of hydrogen-bond acceptors (Lipinski definition) is 2. The first-order chi connectivity index (χ1) is 8.99. The van der Waals surface area contributed by atoms with E-state index in [9.17, 15) is 8.78 Å². The van der Waals surface area contributed by atoms with Crippen molar-refractivity contribution in [3.8, 4) is 0 Å². The topological polar surface area (TPSA) is 15.3 Å². The van der Waals surface area contributed by atoms with Crippen LogP contribution in [0, 0.1) is 17.6 Å². The Bertz CT molecular complexity index is 434. The Morgan fingerprint density at radius 1 is 1.32 bits per heavy atom. The molecular formula is C15H22F2N2. The van der Waals surface area contributed by atoms with Gasteiger partial charge in [0.05, 0.1) is 0 Å². The molecule has 2 rings (SSSR count). The highest BCUT2D eigenvalue weighted by atomic mass is 19.2. The van der Waals surface area contributed by atoms with Gasteiger partial charge in [-0.1, -0.05) is 19.9 Å². The monoisotopic (exact) mass is 268 g/mol. The van der Waals surface area contributed by atoms with Crippen LogP contribution in [-0.2, 0) is 0 Å². The molecule has 1 aromatic rings. The zero-order valence-corrected chi connectivity index (χ0v) is 11.8. The van der Waals surface area contributed by atoms with Gasteiger partial charge in [-0.3, -0.25) is 4.90 Å². The predicted octanol–water partition coefficient (Wildman–Crippen LogP) is 2.96. The molecule has 0 spiro atoms. The van der Waals surface area contributed by atoms with Crippen LogP contribution in [0.3, 0.4) is 0 Å². The summed E-state index contributed by atoms with van der Waals surface area (Å²) in [4.78, 5) is 2.22. The second kappa shape index (κ2) is 5.97. The van der Waals surface area contributed by atoms with Crippen LogP contribution >= 0.6 is 0 Å². The van der Waals surface area contributed by atoms with Crippen LogP contribution in [0.4, 0.5) is 8.78 Å². The molecule has 1 aliphatic rings. The third-order valence-electron chi connectivity index (χ3n) is 3.85. The molecular weight excluding hydrogens is 246 g/mol. The van der Waals surface area contributed by atoms with Gasteiger partial charge in [0.1, 0.15) is 0 Å². The fourth-order valence-corrected chi connectivity index (χ4v) is 2.85. The van der Waals surface area contributed by atoms with Crippen LogP contribution < -0.4 is 5.32 Å². The van der Waals surface area contributed by atoms with Crippen LogP contribution in [0.2, 0.25) is 0 Å². The summed E-state index contributed by atoms with van der Waals surface area (Å²) in [6.45, 7) is 6.14. The molecule has 1 aromatic carbocycles. The van der Waals surface area contributed by atoms with Crippen LogP contribution in [0.25, 0.3) is 0 Å². The minimum absolute atomic E-state index is 0.168. The third-order valence-corrected chi connectivity index (χ3v) is 3.85. The molecule has 4 heteroatoms. The van der Waals surface area contributed by atoms with Crippen LogP contribution in [-0.4, -0.2) is 31.1 Å². The van der Waals surface area contributed by atoms with E-state index in [1.54, 1.807) is 6.07 Å². The van der Waals surface area contributed by atoms with Gasteiger partial charge < -0.3 is 5.32 Å². The van der Waals surface area contributed by atoms with E-state index in [1.807, 2.05) is 7.05 Å². The summed E-state index contributed by atoms with van der Waals surface area (Å²) < 4.78 is 26.4. The van der Waals surface area contributed by atoms with Gasteiger partial charge >= 0.3 is 0 Å². The molecule has 2 nitrogen and oxygen atoms in total. The van der Waals surface area contributed by atoms with Crippen molar-refractivity contribution in [2.75, 3.05) is 20.1 Å². The van der Waals surface area contributed by atoms with Crippen molar-refractivity contribution in [3.05, 3.63) is 35.4 Å². The molecule has 1 aliphatic heterocycles. The average Bonchev–Trinajstić information content (AvgIpc) is 2.71. The number of halogens is 2. The van der Waals surface area contributed by atoms with Crippen molar-refractivity contribution in [2.24, 2.45) is 5.92 Å². The van der Waals surface area contributed by atoms with E-state index in [4.69, 9.17) is 0 Å². The van der Waals surface area contributed by atoms with Crippen LogP contribution in [0.15, 0.2) is 18.2 Å². The summed E-state index contributed by atoms with van der Waals surface area (Å²) in [6.07, 6.45) is 1.08. The zero-order chi connectivity index (χ0) is 14.0. The maximum Gasteiger partial charge on any atom is 0.159 e. The molecule has 19 heavy (non-hydrogen) atoms. The number of nitrogens with zero attached hydrogens (tertiary/aromatic N) is 1. The van der Waals surface area contributed by atoms with Gasteiger partial charge in [-0.15, -0.1) is 0 Å². The lowest BCUT2D eigenvalue weighted by molar-refractivity contribution is 0.268. The summed E-state index contributed by atoms with van der Waals surface area (Å²) in [5.74, 6) is -1.09. The molecule has 2 atom stereocenters. The van der Waals surface area contributed by atoms with Gasteiger partial charge in [0.25, 0.3) is 0 Å². The highest BCUT2D eigenvalue weighted by Gasteiger charge is 2.33. The summed E-state index contributed by atoms with van der Waals surface area (Å²) in [6, 6.07) is 4.87. The smallest absolute Gasteiger partial charge is 0.159 e. The molecule has 0 aliphatic carbocycles. The van der Waals surface area contributed by atoms with E-state index in [0.29, 0.717) is 12.0 Å². The number of rotatable bonds is 4. The maximum atomic E-state index is 13.4. The minimum atomic E-state index is -0.777. The Hall–Kier alpha value is -1.00. The fraction of sp³-hybridized carbons (Fsp3) is 0.600. The lowest BCUT2D eigenvalue weighted by Crippen LogP contribution is -2.32. The number of hydrogen-bond donors (Lipinski definition) is 1. The summed E-state index contributed by atoms with van der Waals surface area (Å²) in [7, 11) is 2.04. The summed E-state index contributed by atoms with van der Waals surface area (Å²) >= 11 is 0. The van der Waals surface area contributed by atoms with Crippen molar-refractivity contribution >= 4 is 0 Å². The Kier molecular flexibility index (Phi) is 4.53. The van der Waals surface area contributed by atoms with E-state index >= 15 is 0 Å². The molecule has 2 unspecified atom stereocenters. The highest BCUT2D eigenvalue weighted by molar-refractivity contribution is 5.23. The SMILES string of the molecule is CC(C)NCC1CCN(C)C1c1ccc(F)c(F)c1. The average molecular weight is 268 g/mol. The van der Waals surface area contributed by atoms with Crippen LogP contribution in [0.1, 0.15) is 31.9 Å².